The molecule has 0 N–H and O–H groups in total. The normalized spacial score (nSPS) is 15.9. The van der Waals surface area contributed by atoms with E-state index in [1.54, 1.807) is 4.52 Å². The van der Waals surface area contributed by atoms with Crippen LogP contribution in [0.4, 0.5) is 0 Å². The Morgan fingerprint density at radius 2 is 2.12 bits per heavy atom. The van der Waals surface area contributed by atoms with Gasteiger partial charge in [0.25, 0.3) is 0 Å². The van der Waals surface area contributed by atoms with Gasteiger partial charge in [-0.25, -0.2) is 9.50 Å². The molecule has 0 fully saturated rings. The summed E-state index contributed by atoms with van der Waals surface area (Å²) in [6.45, 7) is 2.12. The number of aromatic nitrogens is 3. The lowest BCUT2D eigenvalue weighted by Gasteiger charge is -2.09. The number of nitrogens with zero attached hydrogens (tertiary/aromatic N) is 3. The highest BCUT2D eigenvalue weighted by molar-refractivity contribution is 6.30. The fourth-order valence-electron chi connectivity index (χ4n) is 2.56. The highest BCUT2D eigenvalue weighted by atomic mass is 35.5. The van der Waals surface area contributed by atoms with Gasteiger partial charge in [-0.15, -0.1) is 0 Å². The summed E-state index contributed by atoms with van der Waals surface area (Å²) < 4.78 is 1.80. The third-order valence-electron chi connectivity index (χ3n) is 3.56. The molecule has 2 aromatic heterocycles. The zero-order valence-electron chi connectivity index (χ0n) is 10.0. The quantitative estimate of drug-likeness (QED) is 0.574. The molecule has 90 valence electrons. The van der Waals surface area contributed by atoms with Crippen molar-refractivity contribution in [2.24, 2.45) is 0 Å². The van der Waals surface area contributed by atoms with E-state index in [1.165, 1.54) is 36.1 Å². The maximum Gasteiger partial charge on any atom is 0.160 e. The van der Waals surface area contributed by atoms with Gasteiger partial charge in [0.05, 0.1) is 6.20 Å². The molecule has 0 saturated carbocycles. The van der Waals surface area contributed by atoms with Crippen LogP contribution in [0.25, 0.3) is 5.65 Å². The van der Waals surface area contributed by atoms with Crippen LogP contribution < -0.4 is 0 Å². The molecule has 3 nitrogen and oxygen atoms in total. The van der Waals surface area contributed by atoms with Crippen LogP contribution in [0.15, 0.2) is 6.20 Å². The van der Waals surface area contributed by atoms with Gasteiger partial charge < -0.3 is 0 Å². The molecule has 0 atom stereocenters. The van der Waals surface area contributed by atoms with Crippen molar-refractivity contribution in [1.29, 1.82) is 0 Å². The van der Waals surface area contributed by atoms with Crippen LogP contribution >= 0.6 is 11.6 Å². The van der Waals surface area contributed by atoms with Gasteiger partial charge in [0, 0.05) is 16.8 Å². The molecule has 0 unspecified atom stereocenters. The predicted molar refractivity (Wildman–Crippen MR) is 68.6 cm³/mol. The van der Waals surface area contributed by atoms with Gasteiger partial charge >= 0.3 is 0 Å². The first-order chi connectivity index (χ1) is 8.31. The molecule has 0 aliphatic heterocycles. The molecule has 0 amide bonds. The molecular weight excluding hydrogens is 234 g/mol. The molecule has 3 rings (SSSR count). The van der Waals surface area contributed by atoms with E-state index in [2.05, 4.69) is 12.0 Å². The van der Waals surface area contributed by atoms with Crippen molar-refractivity contribution < 1.29 is 0 Å². The molecule has 0 aromatic carbocycles. The Kier molecular flexibility index (Phi) is 2.79. The van der Waals surface area contributed by atoms with E-state index in [4.69, 9.17) is 16.6 Å². The summed E-state index contributed by atoms with van der Waals surface area (Å²) in [6.07, 6.45) is 8.64. The third-order valence-corrected chi connectivity index (χ3v) is 3.95. The van der Waals surface area contributed by atoms with Gasteiger partial charge in [0.1, 0.15) is 5.15 Å². The van der Waals surface area contributed by atoms with E-state index in [0.717, 1.165) is 30.1 Å². The van der Waals surface area contributed by atoms with Crippen molar-refractivity contribution in [2.45, 2.75) is 45.4 Å². The number of fused-ring (bicyclic) bond motifs is 2. The van der Waals surface area contributed by atoms with Crippen molar-refractivity contribution in [1.82, 2.24) is 14.6 Å². The molecule has 0 radical (unpaired) electrons. The molecule has 1 aliphatic carbocycles. The number of rotatable bonds is 1. The summed E-state index contributed by atoms with van der Waals surface area (Å²) >= 11 is 6.46. The molecular formula is C13H16ClN3. The fourth-order valence-corrected chi connectivity index (χ4v) is 2.88. The van der Waals surface area contributed by atoms with Crippen molar-refractivity contribution in [3.63, 3.8) is 0 Å². The Labute approximate surface area is 106 Å². The first-order valence-electron chi connectivity index (χ1n) is 6.35. The Balaban J connectivity index is 2.27. The third kappa shape index (κ3) is 1.73. The minimum absolute atomic E-state index is 0.770. The average Bonchev–Trinajstić information content (AvgIpc) is 2.59. The fraction of sp³-hybridized carbons (Fsp3) is 0.538. The minimum atomic E-state index is 0.770. The number of hydrogen-bond donors (Lipinski definition) is 0. The van der Waals surface area contributed by atoms with Gasteiger partial charge in [-0.2, -0.15) is 5.10 Å². The lowest BCUT2D eigenvalue weighted by Crippen LogP contribution is -2.04. The number of aryl methyl sites for hydroxylation is 2. The lowest BCUT2D eigenvalue weighted by atomic mass is 10.1. The highest BCUT2D eigenvalue weighted by Crippen LogP contribution is 2.27. The van der Waals surface area contributed by atoms with E-state index < -0.39 is 0 Å². The summed E-state index contributed by atoms with van der Waals surface area (Å²) in [5.74, 6) is 0. The molecule has 2 aromatic rings. The van der Waals surface area contributed by atoms with E-state index in [0.29, 0.717) is 0 Å². The van der Waals surface area contributed by atoms with E-state index in [1.807, 2.05) is 6.20 Å². The van der Waals surface area contributed by atoms with Gasteiger partial charge in [-0.1, -0.05) is 24.9 Å². The van der Waals surface area contributed by atoms with Crippen LogP contribution in [-0.2, 0) is 19.3 Å². The first kappa shape index (κ1) is 11.0. The first-order valence-corrected chi connectivity index (χ1v) is 6.73. The van der Waals surface area contributed by atoms with E-state index in [-0.39, 0.29) is 0 Å². The summed E-state index contributed by atoms with van der Waals surface area (Å²) in [5, 5.41) is 5.12. The van der Waals surface area contributed by atoms with Gasteiger partial charge in [-0.3, -0.25) is 0 Å². The second-order valence-corrected chi connectivity index (χ2v) is 5.01. The number of halogens is 1. The van der Waals surface area contributed by atoms with Crippen molar-refractivity contribution >= 4 is 17.2 Å². The Hall–Kier alpha value is -1.09. The molecule has 2 heterocycles. The monoisotopic (exact) mass is 249 g/mol. The van der Waals surface area contributed by atoms with E-state index in [9.17, 15) is 0 Å². The van der Waals surface area contributed by atoms with Crippen LogP contribution in [0, 0.1) is 0 Å². The zero-order valence-corrected chi connectivity index (χ0v) is 10.8. The van der Waals surface area contributed by atoms with Crippen molar-refractivity contribution in [3.8, 4) is 0 Å². The Morgan fingerprint density at radius 1 is 1.29 bits per heavy atom. The largest absolute Gasteiger partial charge is 0.233 e. The average molecular weight is 250 g/mol. The molecule has 0 saturated heterocycles. The van der Waals surface area contributed by atoms with Crippen LogP contribution in [-0.4, -0.2) is 14.6 Å². The van der Waals surface area contributed by atoms with Crippen LogP contribution in [0.5, 0.6) is 0 Å². The molecule has 0 spiro atoms. The second-order valence-electron chi connectivity index (χ2n) is 4.65. The van der Waals surface area contributed by atoms with Gasteiger partial charge in [0.2, 0.25) is 0 Å². The molecule has 4 heteroatoms. The maximum absolute atomic E-state index is 6.46. The topological polar surface area (TPSA) is 30.2 Å². The Morgan fingerprint density at radius 3 is 2.94 bits per heavy atom. The van der Waals surface area contributed by atoms with E-state index >= 15 is 0 Å². The van der Waals surface area contributed by atoms with Crippen LogP contribution in [0.1, 0.15) is 43.0 Å². The highest BCUT2D eigenvalue weighted by Gasteiger charge is 2.18. The summed E-state index contributed by atoms with van der Waals surface area (Å²) in [7, 11) is 0. The van der Waals surface area contributed by atoms with Crippen molar-refractivity contribution in [2.75, 3.05) is 0 Å². The lowest BCUT2D eigenvalue weighted by molar-refractivity contribution is 0.709. The maximum atomic E-state index is 6.46. The molecule has 1 aliphatic rings. The summed E-state index contributed by atoms with van der Waals surface area (Å²) in [5.41, 5.74) is 4.52. The van der Waals surface area contributed by atoms with Crippen LogP contribution in [0.2, 0.25) is 5.15 Å². The van der Waals surface area contributed by atoms with Gasteiger partial charge in [-0.05, 0) is 32.1 Å². The van der Waals surface area contributed by atoms with Crippen LogP contribution in [0.3, 0.4) is 0 Å². The number of hydrogen-bond acceptors (Lipinski definition) is 2. The Bertz CT molecular complexity index is 559. The second kappa shape index (κ2) is 4.30. The minimum Gasteiger partial charge on any atom is -0.233 e. The summed E-state index contributed by atoms with van der Waals surface area (Å²) in [6, 6.07) is 0. The SMILES string of the molecule is CCc1cnn2c(Cl)c3c(nc12)CCCCC3. The molecule has 17 heavy (non-hydrogen) atoms. The van der Waals surface area contributed by atoms with Gasteiger partial charge in [0.15, 0.2) is 5.65 Å². The van der Waals surface area contributed by atoms with Crippen molar-refractivity contribution in [3.05, 3.63) is 28.2 Å². The molecule has 0 bridgehead atoms. The predicted octanol–water partition coefficient (Wildman–Crippen LogP) is 3.21. The zero-order chi connectivity index (χ0) is 11.8. The smallest absolute Gasteiger partial charge is 0.160 e. The standard InChI is InChI=1S/C13H16ClN3/c1-2-9-8-15-17-12(14)10-6-4-3-5-7-11(10)16-13(9)17/h8H,2-7H2,1H3. The summed E-state index contributed by atoms with van der Waals surface area (Å²) in [4.78, 5) is 4.78.